The monoisotopic (exact) mass is 305 g/mol. The molecule has 0 aromatic rings. The Labute approximate surface area is 121 Å². The van der Waals surface area contributed by atoms with E-state index in [0.29, 0.717) is 0 Å². The normalized spacial score (nSPS) is 17.7. The Bertz CT molecular complexity index is 426. The number of aliphatic carboxylic acids is 1. The molecule has 1 fully saturated rings. The van der Waals surface area contributed by atoms with E-state index in [-0.39, 0.29) is 18.1 Å². The van der Waals surface area contributed by atoms with Gasteiger partial charge in [-0.3, -0.25) is 9.63 Å². The molecular formula is C11H19N3O7. The number of hydrogen-bond donors (Lipinski definition) is 1. The number of hydrazine groups is 1. The van der Waals surface area contributed by atoms with Gasteiger partial charge in [-0.15, -0.1) is 5.01 Å². The fraction of sp³-hybridized carbons (Fsp3) is 0.818. The molecule has 1 heterocycles. The van der Waals surface area contributed by atoms with E-state index in [1.165, 1.54) is 6.92 Å². The zero-order valence-corrected chi connectivity index (χ0v) is 12.3. The van der Waals surface area contributed by atoms with Crippen molar-refractivity contribution in [2.45, 2.75) is 39.6 Å². The van der Waals surface area contributed by atoms with Gasteiger partial charge in [0.15, 0.2) is 0 Å². The van der Waals surface area contributed by atoms with Crippen molar-refractivity contribution in [2.24, 2.45) is 11.2 Å². The molecule has 1 rings (SSSR count). The Hall–Kier alpha value is -2.26. The second-order valence-electron chi connectivity index (χ2n) is 5.50. The number of ether oxygens (including phenoxy) is 2. The summed E-state index contributed by atoms with van der Waals surface area (Å²) >= 11 is 0. The number of carboxylic acid groups (broad SMARTS) is 1. The number of carboxylic acids is 1. The largest absolute Gasteiger partial charge is 0.569 e. The van der Waals surface area contributed by atoms with Gasteiger partial charge in [0.1, 0.15) is 11.5 Å². The van der Waals surface area contributed by atoms with Gasteiger partial charge in [-0.25, -0.2) is 4.79 Å². The Balaban J connectivity index is 2.32. The van der Waals surface area contributed by atoms with Crippen molar-refractivity contribution in [1.29, 1.82) is 0 Å². The van der Waals surface area contributed by atoms with Crippen LogP contribution in [0.2, 0.25) is 0 Å². The lowest BCUT2D eigenvalue weighted by Crippen LogP contribution is -2.53. The van der Waals surface area contributed by atoms with Crippen LogP contribution in [0.1, 0.15) is 27.7 Å². The molecular weight excluding hydrogens is 286 g/mol. The summed E-state index contributed by atoms with van der Waals surface area (Å²) in [6, 6.07) is 0. The van der Waals surface area contributed by atoms with Crippen LogP contribution in [0.3, 0.4) is 0 Å². The van der Waals surface area contributed by atoms with E-state index < -0.39 is 29.9 Å². The van der Waals surface area contributed by atoms with E-state index in [0.717, 1.165) is 5.01 Å². The molecule has 0 spiro atoms. The average Bonchev–Trinajstić information content (AvgIpc) is 2.20. The minimum Gasteiger partial charge on any atom is -0.569 e. The Morgan fingerprint density at radius 2 is 2.00 bits per heavy atom. The van der Waals surface area contributed by atoms with Crippen LogP contribution in [0.15, 0.2) is 5.28 Å². The summed E-state index contributed by atoms with van der Waals surface area (Å²) in [6.07, 6.45) is -2.06. The minimum atomic E-state index is -1.12. The maximum Gasteiger partial charge on any atom is 0.511 e. The highest BCUT2D eigenvalue weighted by atomic mass is 16.8. The van der Waals surface area contributed by atoms with Gasteiger partial charge in [-0.05, 0) is 20.8 Å². The van der Waals surface area contributed by atoms with Gasteiger partial charge in [-0.1, -0.05) is 0 Å². The van der Waals surface area contributed by atoms with E-state index in [2.05, 4.69) is 10.1 Å². The van der Waals surface area contributed by atoms with Crippen LogP contribution in [0.4, 0.5) is 4.79 Å². The molecule has 10 nitrogen and oxygen atoms in total. The van der Waals surface area contributed by atoms with Crippen LogP contribution >= 0.6 is 0 Å². The van der Waals surface area contributed by atoms with Crippen LogP contribution in [0.5, 0.6) is 0 Å². The number of rotatable bonds is 5. The van der Waals surface area contributed by atoms with Crippen molar-refractivity contribution in [3.8, 4) is 0 Å². The first kappa shape index (κ1) is 16.8. The number of nitrogens with zero attached hydrogens (tertiary/aromatic N) is 3. The number of carbonyl (C=O) groups excluding carboxylic acids is 1. The maximum atomic E-state index is 11.4. The first-order valence-electron chi connectivity index (χ1n) is 6.30. The van der Waals surface area contributed by atoms with Gasteiger partial charge in [0, 0.05) is 6.92 Å². The summed E-state index contributed by atoms with van der Waals surface area (Å²) in [5.74, 6) is -1.56. The summed E-state index contributed by atoms with van der Waals surface area (Å²) in [6.45, 7) is 6.47. The van der Waals surface area contributed by atoms with Crippen LogP contribution in [-0.2, 0) is 19.1 Å². The molecule has 0 radical (unpaired) electrons. The molecule has 10 heteroatoms. The van der Waals surface area contributed by atoms with Gasteiger partial charge in [0.05, 0.1) is 18.1 Å². The van der Waals surface area contributed by atoms with Crippen molar-refractivity contribution >= 4 is 12.1 Å². The number of hydrogen-bond acceptors (Lipinski definition) is 7. The van der Waals surface area contributed by atoms with E-state index in [9.17, 15) is 14.8 Å². The van der Waals surface area contributed by atoms with Crippen molar-refractivity contribution in [3.05, 3.63) is 5.21 Å². The fourth-order valence-corrected chi connectivity index (χ4v) is 1.34. The average molecular weight is 305 g/mol. The van der Waals surface area contributed by atoms with E-state index in [4.69, 9.17) is 14.6 Å². The molecule has 0 aliphatic carbocycles. The van der Waals surface area contributed by atoms with Crippen LogP contribution in [-0.4, -0.2) is 52.2 Å². The first-order chi connectivity index (χ1) is 9.58. The molecule has 1 atom stereocenters. The summed E-state index contributed by atoms with van der Waals surface area (Å²) in [5.41, 5.74) is -0.706. The Kier molecular flexibility index (Phi) is 5.17. The fourth-order valence-electron chi connectivity index (χ4n) is 1.34. The van der Waals surface area contributed by atoms with Crippen molar-refractivity contribution in [3.63, 3.8) is 0 Å². The topological polar surface area (TPSA) is 124 Å². The second-order valence-corrected chi connectivity index (χ2v) is 5.50. The van der Waals surface area contributed by atoms with Crippen LogP contribution < -0.4 is 0 Å². The summed E-state index contributed by atoms with van der Waals surface area (Å²) in [4.78, 5) is 26.7. The predicted molar refractivity (Wildman–Crippen MR) is 66.6 cm³/mol. The van der Waals surface area contributed by atoms with Gasteiger partial charge >= 0.3 is 12.1 Å². The van der Waals surface area contributed by atoms with E-state index >= 15 is 0 Å². The standard InChI is InChI=1S/C11H19N3O7/c1-7(19-10(17)20-11(2,3)4)21-12-14(18)13-5-8(6-13)9(15)16/h7-8H,5-6H2,1-4H3,(H,15,16). The highest BCUT2D eigenvalue weighted by molar-refractivity contribution is 5.71. The molecule has 0 aromatic carbocycles. The van der Waals surface area contributed by atoms with Gasteiger partial charge in [-0.2, -0.15) is 0 Å². The molecule has 1 aliphatic heterocycles. The lowest BCUT2D eigenvalue weighted by molar-refractivity contribution is -0.727. The second kappa shape index (κ2) is 6.46. The Morgan fingerprint density at radius 1 is 1.43 bits per heavy atom. The summed E-state index contributed by atoms with van der Waals surface area (Å²) < 4.78 is 9.60. The zero-order valence-electron chi connectivity index (χ0n) is 12.3. The lowest BCUT2D eigenvalue weighted by Gasteiger charge is -2.31. The molecule has 1 saturated heterocycles. The smallest absolute Gasteiger partial charge is 0.511 e. The molecule has 0 aromatic heterocycles. The molecule has 21 heavy (non-hydrogen) atoms. The highest BCUT2D eigenvalue weighted by Gasteiger charge is 2.38. The predicted octanol–water partition coefficient (Wildman–Crippen LogP) is 1.11. The highest BCUT2D eigenvalue weighted by Crippen LogP contribution is 2.15. The van der Waals surface area contributed by atoms with E-state index in [1.807, 2.05) is 0 Å². The summed E-state index contributed by atoms with van der Waals surface area (Å²) in [7, 11) is 0. The third-order valence-electron chi connectivity index (χ3n) is 2.37. The minimum absolute atomic E-state index is 0.0486. The molecule has 1 N–H and O–H groups in total. The quantitative estimate of drug-likeness (QED) is 0.263. The van der Waals surface area contributed by atoms with Crippen molar-refractivity contribution in [1.82, 2.24) is 5.01 Å². The molecule has 1 unspecified atom stereocenters. The Morgan fingerprint density at radius 3 is 2.48 bits per heavy atom. The third-order valence-corrected chi connectivity index (χ3v) is 2.37. The molecule has 0 bridgehead atoms. The van der Waals surface area contributed by atoms with Gasteiger partial charge in [0.25, 0.3) is 6.29 Å². The first-order valence-corrected chi connectivity index (χ1v) is 6.30. The number of carbonyl (C=O) groups is 2. The van der Waals surface area contributed by atoms with Crippen LogP contribution in [0, 0.1) is 11.1 Å². The van der Waals surface area contributed by atoms with Crippen molar-refractivity contribution < 1.29 is 34.0 Å². The molecule has 0 amide bonds. The van der Waals surface area contributed by atoms with Crippen molar-refractivity contribution in [2.75, 3.05) is 13.1 Å². The maximum absolute atomic E-state index is 11.4. The lowest BCUT2D eigenvalue weighted by atomic mass is 10.0. The third kappa shape index (κ3) is 5.71. The van der Waals surface area contributed by atoms with Gasteiger partial charge in [0.2, 0.25) is 5.28 Å². The van der Waals surface area contributed by atoms with Crippen LogP contribution in [0.25, 0.3) is 0 Å². The van der Waals surface area contributed by atoms with E-state index in [1.54, 1.807) is 20.8 Å². The summed E-state index contributed by atoms with van der Waals surface area (Å²) in [5, 5.41) is 24.4. The van der Waals surface area contributed by atoms with Gasteiger partial charge < -0.3 is 19.8 Å². The SMILES string of the molecule is CC(ON=[N+]([O-])N1CC(C(=O)O)C1)OC(=O)OC(C)(C)C. The molecule has 1 aliphatic rings. The zero-order chi connectivity index (χ0) is 16.2. The molecule has 0 saturated carbocycles. The molecule has 120 valence electrons.